The van der Waals surface area contributed by atoms with E-state index < -0.39 is 40.2 Å². The van der Waals surface area contributed by atoms with Crippen molar-refractivity contribution in [2.75, 3.05) is 26.8 Å². The van der Waals surface area contributed by atoms with Crippen LogP contribution < -0.4 is 5.56 Å². The number of carboxylic acids is 1. The number of nitro groups is 1. The van der Waals surface area contributed by atoms with Crippen molar-refractivity contribution in [1.29, 1.82) is 0 Å². The maximum absolute atomic E-state index is 12.1. The molecule has 21 heavy (non-hydrogen) atoms. The number of nitrogens with one attached hydrogen (secondary N) is 1. The van der Waals surface area contributed by atoms with Gasteiger partial charge < -0.3 is 19.7 Å². The number of hydrogen-bond acceptors (Lipinski definition) is 6. The molecule has 1 amide bonds. The van der Waals surface area contributed by atoms with E-state index in [0.29, 0.717) is 0 Å². The molecule has 0 aliphatic rings. The highest BCUT2D eigenvalue weighted by atomic mass is 16.6. The molecular formula is C11H13N3O7. The molecule has 0 bridgehead atoms. The lowest BCUT2D eigenvalue weighted by molar-refractivity contribution is -0.385. The average Bonchev–Trinajstić information content (AvgIpc) is 2.42. The van der Waals surface area contributed by atoms with Gasteiger partial charge in [0.2, 0.25) is 0 Å². The van der Waals surface area contributed by atoms with Crippen molar-refractivity contribution in [3.8, 4) is 0 Å². The minimum absolute atomic E-state index is 0.0614. The Morgan fingerprint density at radius 1 is 1.52 bits per heavy atom. The number of nitrogens with zero attached hydrogens (tertiary/aromatic N) is 2. The zero-order valence-electron chi connectivity index (χ0n) is 11.1. The number of methoxy groups -OCH3 is 1. The summed E-state index contributed by atoms with van der Waals surface area (Å²) in [6, 6.07) is 0.808. The van der Waals surface area contributed by atoms with Crippen LogP contribution in [0.5, 0.6) is 0 Å². The van der Waals surface area contributed by atoms with E-state index in [1.807, 2.05) is 0 Å². The van der Waals surface area contributed by atoms with Crippen LogP contribution in [0.3, 0.4) is 0 Å². The molecule has 10 nitrogen and oxygen atoms in total. The number of carbonyl (C=O) groups excluding carboxylic acids is 1. The maximum atomic E-state index is 12.1. The number of pyridine rings is 1. The molecule has 0 radical (unpaired) electrons. The molecule has 0 aliphatic carbocycles. The third kappa shape index (κ3) is 4.38. The SMILES string of the molecule is COCCN(CC(=O)O)C(=O)c1cc([N+](=O)[O-])c[nH]c1=O. The van der Waals surface area contributed by atoms with Gasteiger partial charge in [0.1, 0.15) is 12.1 Å². The molecule has 0 spiro atoms. The van der Waals surface area contributed by atoms with Crippen LogP contribution in [0, 0.1) is 10.1 Å². The number of amides is 1. The van der Waals surface area contributed by atoms with E-state index in [4.69, 9.17) is 9.84 Å². The number of hydrogen-bond donors (Lipinski definition) is 2. The van der Waals surface area contributed by atoms with Gasteiger partial charge in [-0.25, -0.2) is 0 Å². The standard InChI is InChI=1S/C11H13N3O7/c1-21-3-2-13(6-9(15)16)11(18)8-4-7(14(19)20)5-12-10(8)17/h4-5H,2-3,6H2,1H3,(H,12,17)(H,15,16). The summed E-state index contributed by atoms with van der Waals surface area (Å²) in [5.74, 6) is -2.19. The van der Waals surface area contributed by atoms with Crippen LogP contribution in [0.4, 0.5) is 5.69 Å². The summed E-state index contributed by atoms with van der Waals surface area (Å²) in [5, 5.41) is 19.4. The first-order chi connectivity index (χ1) is 9.86. The molecule has 0 fully saturated rings. The van der Waals surface area contributed by atoms with Gasteiger partial charge in [-0.1, -0.05) is 0 Å². The normalized spacial score (nSPS) is 10.1. The number of aromatic amines is 1. The predicted molar refractivity (Wildman–Crippen MR) is 69.1 cm³/mol. The smallest absolute Gasteiger partial charge is 0.323 e. The number of aromatic nitrogens is 1. The second-order valence-electron chi connectivity index (χ2n) is 3.97. The highest BCUT2D eigenvalue weighted by Gasteiger charge is 2.23. The minimum Gasteiger partial charge on any atom is -0.480 e. The molecule has 0 atom stereocenters. The highest BCUT2D eigenvalue weighted by molar-refractivity contribution is 5.96. The Morgan fingerprint density at radius 2 is 2.19 bits per heavy atom. The van der Waals surface area contributed by atoms with E-state index in [1.165, 1.54) is 7.11 Å². The van der Waals surface area contributed by atoms with Crippen molar-refractivity contribution in [3.63, 3.8) is 0 Å². The van der Waals surface area contributed by atoms with E-state index in [9.17, 15) is 24.5 Å². The molecule has 0 aromatic carbocycles. The van der Waals surface area contributed by atoms with Crippen LogP contribution in [-0.4, -0.2) is 58.6 Å². The number of rotatable bonds is 7. The van der Waals surface area contributed by atoms with Gasteiger partial charge in [-0.2, -0.15) is 0 Å². The second kappa shape index (κ2) is 7.14. The largest absolute Gasteiger partial charge is 0.480 e. The predicted octanol–water partition coefficient (Wildman–Crippen LogP) is -0.544. The van der Waals surface area contributed by atoms with Gasteiger partial charge in [-0.05, 0) is 0 Å². The monoisotopic (exact) mass is 299 g/mol. The average molecular weight is 299 g/mol. The van der Waals surface area contributed by atoms with Crippen molar-refractivity contribution >= 4 is 17.6 Å². The zero-order chi connectivity index (χ0) is 16.0. The molecule has 1 rings (SSSR count). The van der Waals surface area contributed by atoms with Gasteiger partial charge in [-0.15, -0.1) is 0 Å². The summed E-state index contributed by atoms with van der Waals surface area (Å²) < 4.78 is 4.75. The van der Waals surface area contributed by atoms with Crippen molar-refractivity contribution in [2.45, 2.75) is 0 Å². The lowest BCUT2D eigenvalue weighted by atomic mass is 10.2. The highest BCUT2D eigenvalue weighted by Crippen LogP contribution is 2.10. The Labute approximate surface area is 118 Å². The first-order valence-electron chi connectivity index (χ1n) is 5.74. The summed E-state index contributed by atoms with van der Waals surface area (Å²) in [4.78, 5) is 47.3. The summed E-state index contributed by atoms with van der Waals surface area (Å²) >= 11 is 0. The number of carboxylic acid groups (broad SMARTS) is 1. The van der Waals surface area contributed by atoms with E-state index in [2.05, 4.69) is 4.98 Å². The molecule has 10 heteroatoms. The van der Waals surface area contributed by atoms with Gasteiger partial charge in [0.25, 0.3) is 17.2 Å². The summed E-state index contributed by atoms with van der Waals surface area (Å²) in [6.07, 6.45) is 0.857. The fraction of sp³-hybridized carbons (Fsp3) is 0.364. The van der Waals surface area contributed by atoms with Crippen LogP contribution in [0.15, 0.2) is 17.1 Å². The van der Waals surface area contributed by atoms with E-state index in [1.54, 1.807) is 0 Å². The number of aliphatic carboxylic acids is 1. The molecule has 0 saturated heterocycles. The topological polar surface area (TPSA) is 143 Å². The third-order valence-corrected chi connectivity index (χ3v) is 2.51. The van der Waals surface area contributed by atoms with E-state index in [-0.39, 0.29) is 13.2 Å². The number of carbonyl (C=O) groups is 2. The molecular weight excluding hydrogens is 286 g/mol. The molecule has 2 N–H and O–H groups in total. The quantitative estimate of drug-likeness (QED) is 0.508. The number of ether oxygens (including phenoxy) is 1. The maximum Gasteiger partial charge on any atom is 0.323 e. The van der Waals surface area contributed by atoms with Gasteiger partial charge in [0, 0.05) is 19.7 Å². The van der Waals surface area contributed by atoms with E-state index in [0.717, 1.165) is 17.2 Å². The fourth-order valence-electron chi connectivity index (χ4n) is 1.52. The molecule has 114 valence electrons. The zero-order valence-corrected chi connectivity index (χ0v) is 11.1. The second-order valence-corrected chi connectivity index (χ2v) is 3.97. The lowest BCUT2D eigenvalue weighted by Crippen LogP contribution is -2.40. The van der Waals surface area contributed by atoms with Crippen LogP contribution in [-0.2, 0) is 9.53 Å². The molecule has 0 unspecified atom stereocenters. The van der Waals surface area contributed by atoms with Crippen LogP contribution in [0.1, 0.15) is 10.4 Å². The van der Waals surface area contributed by atoms with Crippen LogP contribution >= 0.6 is 0 Å². The van der Waals surface area contributed by atoms with Crippen molar-refractivity contribution in [2.24, 2.45) is 0 Å². The molecule has 1 aromatic rings. The minimum atomic E-state index is -1.28. The Morgan fingerprint density at radius 3 is 2.71 bits per heavy atom. The first-order valence-corrected chi connectivity index (χ1v) is 5.74. The Hall–Kier alpha value is -2.75. The molecule has 0 aliphatic heterocycles. The van der Waals surface area contributed by atoms with Gasteiger partial charge >= 0.3 is 5.97 Å². The Kier molecular flexibility index (Phi) is 5.55. The first kappa shape index (κ1) is 16.3. The van der Waals surface area contributed by atoms with Gasteiger partial charge in [0.05, 0.1) is 17.7 Å². The van der Waals surface area contributed by atoms with Crippen molar-refractivity contribution < 1.29 is 24.4 Å². The Balaban J connectivity index is 3.12. The van der Waals surface area contributed by atoms with Gasteiger partial charge in [0.15, 0.2) is 0 Å². The van der Waals surface area contributed by atoms with Crippen LogP contribution in [0.2, 0.25) is 0 Å². The van der Waals surface area contributed by atoms with Crippen LogP contribution in [0.25, 0.3) is 0 Å². The number of H-pyrrole nitrogens is 1. The summed E-state index contributed by atoms with van der Waals surface area (Å²) in [7, 11) is 1.36. The fourth-order valence-corrected chi connectivity index (χ4v) is 1.52. The molecule has 1 heterocycles. The van der Waals surface area contributed by atoms with Crippen molar-refractivity contribution in [1.82, 2.24) is 9.88 Å². The third-order valence-electron chi connectivity index (χ3n) is 2.51. The lowest BCUT2D eigenvalue weighted by Gasteiger charge is -2.19. The summed E-state index contributed by atoms with van der Waals surface area (Å²) in [5.41, 5.74) is -1.81. The molecule has 0 saturated carbocycles. The summed E-state index contributed by atoms with van der Waals surface area (Å²) in [6.45, 7) is -0.653. The van der Waals surface area contributed by atoms with E-state index >= 15 is 0 Å². The van der Waals surface area contributed by atoms with Crippen molar-refractivity contribution in [3.05, 3.63) is 38.3 Å². The molecule has 1 aromatic heterocycles. The Bertz CT molecular complexity index is 610. The van der Waals surface area contributed by atoms with Gasteiger partial charge in [-0.3, -0.25) is 24.5 Å².